The molecule has 32 heavy (non-hydrogen) atoms. The molecule has 2 aromatic rings. The predicted molar refractivity (Wildman–Crippen MR) is 132 cm³/mol. The van der Waals surface area contributed by atoms with Crippen LogP contribution in [0.1, 0.15) is 75.6 Å². The summed E-state index contributed by atoms with van der Waals surface area (Å²) >= 11 is 0. The third kappa shape index (κ3) is 5.11. The average molecular weight is 436 g/mol. The Morgan fingerprint density at radius 3 is 1.38 bits per heavy atom. The molecular weight excluding hydrogens is 394 g/mol. The van der Waals surface area contributed by atoms with E-state index in [2.05, 4.69) is 95.0 Å². The van der Waals surface area contributed by atoms with Gasteiger partial charge in [-0.25, -0.2) is 4.90 Å². The van der Waals surface area contributed by atoms with E-state index in [0.717, 1.165) is 26.1 Å². The second-order valence-corrected chi connectivity index (χ2v) is 10.8. The maximum Gasteiger partial charge on any atom is 0.119 e. The highest BCUT2D eigenvalue weighted by Gasteiger charge is 2.48. The molecule has 0 aliphatic carbocycles. The number of hydrogen-bond acceptors (Lipinski definition) is 3. The van der Waals surface area contributed by atoms with Gasteiger partial charge in [0, 0.05) is 11.8 Å². The van der Waals surface area contributed by atoms with E-state index in [1.54, 1.807) is 0 Å². The zero-order valence-corrected chi connectivity index (χ0v) is 20.8. The fraction of sp³-hybridized carbons (Fsp3) is 0.586. The summed E-state index contributed by atoms with van der Waals surface area (Å²) in [6.45, 7) is 15.2. The second-order valence-electron chi connectivity index (χ2n) is 10.8. The maximum absolute atomic E-state index is 6.36. The van der Waals surface area contributed by atoms with Crippen LogP contribution < -0.4 is 0 Å². The van der Waals surface area contributed by atoms with E-state index in [1.807, 2.05) is 0 Å². The molecule has 2 aliphatic rings. The Hall–Kier alpha value is -1.68. The summed E-state index contributed by atoms with van der Waals surface area (Å²) in [5, 5.41) is 0. The van der Waals surface area contributed by atoms with Crippen LogP contribution in [-0.4, -0.2) is 36.6 Å². The van der Waals surface area contributed by atoms with Crippen LogP contribution in [0.15, 0.2) is 48.5 Å². The summed E-state index contributed by atoms with van der Waals surface area (Å²) in [5.41, 5.74) is 5.52. The minimum absolute atomic E-state index is 0.0612. The Balaban J connectivity index is 1.47. The third-order valence-electron chi connectivity index (χ3n) is 7.08. The zero-order valence-electron chi connectivity index (χ0n) is 20.8. The van der Waals surface area contributed by atoms with Gasteiger partial charge in [0.05, 0.1) is 19.3 Å². The van der Waals surface area contributed by atoms with Crippen molar-refractivity contribution in [2.24, 2.45) is 11.8 Å². The van der Waals surface area contributed by atoms with Gasteiger partial charge in [-0.3, -0.25) is 0 Å². The zero-order chi connectivity index (χ0) is 22.8. The molecule has 0 saturated carbocycles. The molecule has 2 aromatic carbocycles. The molecule has 0 radical (unpaired) electrons. The van der Waals surface area contributed by atoms with E-state index >= 15 is 0 Å². The molecule has 0 bridgehead atoms. The number of hydrogen-bond donors (Lipinski definition) is 0. The highest BCUT2D eigenvalue weighted by atomic mass is 16.6. The molecule has 4 rings (SSSR count). The van der Waals surface area contributed by atoms with Crippen LogP contribution in [0, 0.1) is 11.8 Å². The van der Waals surface area contributed by atoms with Crippen LogP contribution in [-0.2, 0) is 22.3 Å². The Labute approximate surface area is 195 Å². The first-order chi connectivity index (χ1) is 15.3. The Morgan fingerprint density at radius 2 is 1.03 bits per heavy atom. The van der Waals surface area contributed by atoms with E-state index in [4.69, 9.17) is 9.47 Å². The summed E-state index contributed by atoms with van der Waals surface area (Å²) < 4.78 is 12.7. The molecule has 0 N–H and O–H groups in total. The summed E-state index contributed by atoms with van der Waals surface area (Å²) in [4.78, 5) is 2.51. The number of fused-ring (bicyclic) bond motifs is 1. The SMILES string of the molecule is CC(C)Cc1ccc(C(C)C2OCC3COC(C(C)c4ccc(CC(C)C)cc4)N32)cc1. The number of rotatable bonds is 8. The topological polar surface area (TPSA) is 21.7 Å². The summed E-state index contributed by atoms with van der Waals surface area (Å²) in [6, 6.07) is 18.7. The molecule has 4 atom stereocenters. The van der Waals surface area contributed by atoms with Crippen LogP contribution in [0.3, 0.4) is 0 Å². The lowest BCUT2D eigenvalue weighted by molar-refractivity contribution is -0.0745. The van der Waals surface area contributed by atoms with E-state index < -0.39 is 0 Å². The normalized spacial score (nSPS) is 25.4. The average Bonchev–Trinajstić information content (AvgIpc) is 3.35. The van der Waals surface area contributed by atoms with Gasteiger partial charge < -0.3 is 9.47 Å². The lowest BCUT2D eigenvalue weighted by atomic mass is 9.93. The fourth-order valence-corrected chi connectivity index (χ4v) is 5.36. The van der Waals surface area contributed by atoms with E-state index in [0.29, 0.717) is 29.7 Å². The van der Waals surface area contributed by atoms with Gasteiger partial charge in [0.1, 0.15) is 12.5 Å². The van der Waals surface area contributed by atoms with Gasteiger partial charge >= 0.3 is 0 Å². The molecule has 2 fully saturated rings. The van der Waals surface area contributed by atoms with Crippen molar-refractivity contribution >= 4 is 0 Å². The van der Waals surface area contributed by atoms with Gasteiger partial charge in [0.15, 0.2) is 0 Å². The van der Waals surface area contributed by atoms with Crippen molar-refractivity contribution in [3.05, 3.63) is 70.8 Å². The first-order valence-electron chi connectivity index (χ1n) is 12.5. The quantitative estimate of drug-likeness (QED) is 0.481. The first-order valence-corrected chi connectivity index (χ1v) is 12.5. The monoisotopic (exact) mass is 435 g/mol. The van der Waals surface area contributed by atoms with Gasteiger partial charge in [-0.2, -0.15) is 0 Å². The van der Waals surface area contributed by atoms with Crippen LogP contribution in [0.5, 0.6) is 0 Å². The van der Waals surface area contributed by atoms with Gasteiger partial charge in [0.2, 0.25) is 0 Å². The minimum atomic E-state index is 0.0612. The van der Waals surface area contributed by atoms with E-state index in [-0.39, 0.29) is 12.5 Å². The smallest absolute Gasteiger partial charge is 0.119 e. The molecule has 3 heteroatoms. The van der Waals surface area contributed by atoms with Crippen LogP contribution in [0.4, 0.5) is 0 Å². The van der Waals surface area contributed by atoms with Crippen LogP contribution in [0.25, 0.3) is 0 Å². The highest BCUT2D eigenvalue weighted by Crippen LogP contribution is 2.40. The Bertz CT molecular complexity index is 786. The number of ether oxygens (including phenoxy) is 2. The van der Waals surface area contributed by atoms with Crippen LogP contribution in [0.2, 0.25) is 0 Å². The molecule has 0 aromatic heterocycles. The summed E-state index contributed by atoms with van der Waals surface area (Å²) in [7, 11) is 0. The van der Waals surface area contributed by atoms with Gasteiger partial charge in [-0.1, -0.05) is 90.1 Å². The summed E-state index contributed by atoms with van der Waals surface area (Å²) in [5.74, 6) is 1.97. The Morgan fingerprint density at radius 1 is 0.656 bits per heavy atom. The first kappa shape index (κ1) is 23.5. The van der Waals surface area contributed by atoms with Gasteiger partial charge in [0.25, 0.3) is 0 Å². The van der Waals surface area contributed by atoms with Crippen molar-refractivity contribution in [3.8, 4) is 0 Å². The molecule has 174 valence electrons. The summed E-state index contributed by atoms with van der Waals surface area (Å²) in [6.07, 6.45) is 2.38. The second kappa shape index (κ2) is 10.1. The van der Waals surface area contributed by atoms with Crippen LogP contribution >= 0.6 is 0 Å². The standard InChI is InChI=1S/C29H41NO2/c1-19(2)15-23-7-11-25(12-8-23)21(5)28-30-27(17-31-28)18-32-29(30)22(6)26-13-9-24(10-14-26)16-20(3)4/h7-14,19-22,27-29H,15-18H2,1-6H3. The van der Waals surface area contributed by atoms with E-state index in [9.17, 15) is 0 Å². The molecule has 2 heterocycles. The largest absolute Gasteiger partial charge is 0.361 e. The molecule has 0 amide bonds. The molecule has 4 unspecified atom stereocenters. The predicted octanol–water partition coefficient (Wildman–Crippen LogP) is 6.37. The van der Waals surface area contributed by atoms with Crippen molar-refractivity contribution in [1.29, 1.82) is 0 Å². The number of benzene rings is 2. The van der Waals surface area contributed by atoms with E-state index in [1.165, 1.54) is 22.3 Å². The van der Waals surface area contributed by atoms with Gasteiger partial charge in [-0.15, -0.1) is 0 Å². The lowest BCUT2D eigenvalue weighted by Gasteiger charge is -2.34. The molecule has 2 saturated heterocycles. The molecule has 0 spiro atoms. The van der Waals surface area contributed by atoms with Gasteiger partial charge in [-0.05, 0) is 46.9 Å². The van der Waals surface area contributed by atoms with Crippen molar-refractivity contribution in [2.75, 3.05) is 13.2 Å². The highest BCUT2D eigenvalue weighted by molar-refractivity contribution is 5.28. The Kier molecular flexibility index (Phi) is 7.39. The third-order valence-corrected chi connectivity index (χ3v) is 7.08. The van der Waals surface area contributed by atoms with Crippen molar-refractivity contribution < 1.29 is 9.47 Å². The van der Waals surface area contributed by atoms with Crippen molar-refractivity contribution in [3.63, 3.8) is 0 Å². The lowest BCUT2D eigenvalue weighted by Crippen LogP contribution is -2.44. The van der Waals surface area contributed by atoms with Crippen molar-refractivity contribution in [1.82, 2.24) is 4.90 Å². The fourth-order valence-electron chi connectivity index (χ4n) is 5.36. The molecule has 3 nitrogen and oxygen atoms in total. The molecular formula is C29H41NO2. The molecule has 2 aliphatic heterocycles. The van der Waals surface area contributed by atoms with Crippen molar-refractivity contribution in [2.45, 2.75) is 84.7 Å². The minimum Gasteiger partial charge on any atom is -0.361 e. The maximum atomic E-state index is 6.36. The number of nitrogens with zero attached hydrogens (tertiary/aromatic N) is 1.